The maximum absolute atomic E-state index is 6.43. The van der Waals surface area contributed by atoms with Crippen molar-refractivity contribution in [3.63, 3.8) is 0 Å². The zero-order valence-electron chi connectivity index (χ0n) is 17.2. The van der Waals surface area contributed by atoms with Crippen molar-refractivity contribution in [2.45, 2.75) is 38.5 Å². The van der Waals surface area contributed by atoms with E-state index < -0.39 is 0 Å². The van der Waals surface area contributed by atoms with Crippen LogP contribution in [0.15, 0.2) is 84.0 Å². The Morgan fingerprint density at radius 2 is 1.73 bits per heavy atom. The molecule has 0 saturated heterocycles. The second-order valence-corrected chi connectivity index (χ2v) is 7.79. The van der Waals surface area contributed by atoms with Crippen LogP contribution in [0.2, 0.25) is 0 Å². The molecule has 3 aromatic rings. The van der Waals surface area contributed by atoms with Crippen LogP contribution in [0.5, 0.6) is 11.5 Å². The van der Waals surface area contributed by atoms with Crippen molar-refractivity contribution in [3.8, 4) is 11.5 Å². The molecule has 2 atom stereocenters. The number of nitrogens with zero attached hydrogens (tertiary/aromatic N) is 2. The third-order valence-corrected chi connectivity index (χ3v) is 5.74. The van der Waals surface area contributed by atoms with Gasteiger partial charge in [0.05, 0.1) is 18.4 Å². The molecule has 2 aliphatic heterocycles. The minimum Gasteiger partial charge on any atom is -0.494 e. The smallest absolute Gasteiger partial charge is 0.213 e. The number of para-hydroxylation sites is 1. The summed E-state index contributed by atoms with van der Waals surface area (Å²) in [7, 11) is 0. The van der Waals surface area contributed by atoms with Gasteiger partial charge in [-0.05, 0) is 42.3 Å². The van der Waals surface area contributed by atoms with Crippen LogP contribution in [0.4, 0.5) is 0 Å². The predicted octanol–water partition coefficient (Wildman–Crippen LogP) is 6.11. The predicted molar refractivity (Wildman–Crippen MR) is 119 cm³/mol. The van der Waals surface area contributed by atoms with Gasteiger partial charge >= 0.3 is 0 Å². The van der Waals surface area contributed by atoms with Gasteiger partial charge in [-0.3, -0.25) is 0 Å². The highest BCUT2D eigenvalue weighted by Gasteiger charge is 2.40. The summed E-state index contributed by atoms with van der Waals surface area (Å²) in [6, 6.07) is 27.1. The van der Waals surface area contributed by atoms with Crippen molar-refractivity contribution >= 4 is 5.71 Å². The molecule has 5 rings (SSSR count). The maximum Gasteiger partial charge on any atom is 0.213 e. The lowest BCUT2D eigenvalue weighted by Crippen LogP contribution is -2.33. The molecular weight excluding hydrogens is 372 g/mol. The Morgan fingerprint density at radius 3 is 2.53 bits per heavy atom. The minimum atomic E-state index is -0.254. The van der Waals surface area contributed by atoms with Crippen molar-refractivity contribution < 1.29 is 9.47 Å². The molecule has 0 unspecified atom stereocenters. The van der Waals surface area contributed by atoms with Gasteiger partial charge in [0.2, 0.25) is 6.23 Å². The minimum absolute atomic E-state index is 0.177. The van der Waals surface area contributed by atoms with Gasteiger partial charge in [0.15, 0.2) is 0 Å². The summed E-state index contributed by atoms with van der Waals surface area (Å²) in [6.07, 6.45) is 2.82. The van der Waals surface area contributed by atoms with E-state index in [2.05, 4.69) is 66.5 Å². The fraction of sp³-hybridized carbons (Fsp3) is 0.269. The first kappa shape index (κ1) is 18.7. The van der Waals surface area contributed by atoms with Gasteiger partial charge in [0.1, 0.15) is 11.5 Å². The molecule has 2 heterocycles. The highest BCUT2D eigenvalue weighted by Crippen LogP contribution is 2.47. The standard InChI is InChI=1S/C26H26N2O2/c1-2-3-17-29-21-15-13-20(14-16-21)26-28-24(22-11-7-8-12-25(22)30-26)18-23(27-28)19-9-5-4-6-10-19/h4-16,24,26H,2-3,17-18H2,1H3/t24-,26-/m0/s1. The molecule has 4 nitrogen and oxygen atoms in total. The lowest BCUT2D eigenvalue weighted by atomic mass is 9.96. The van der Waals surface area contributed by atoms with Gasteiger partial charge in [-0.25, -0.2) is 5.01 Å². The Balaban J connectivity index is 1.46. The van der Waals surface area contributed by atoms with Crippen LogP contribution in [-0.4, -0.2) is 17.3 Å². The number of unbranched alkanes of at least 4 members (excludes halogenated alkanes) is 1. The van der Waals surface area contributed by atoms with E-state index in [9.17, 15) is 0 Å². The summed E-state index contributed by atoms with van der Waals surface area (Å²) in [5, 5.41) is 7.14. The first-order valence-electron chi connectivity index (χ1n) is 10.7. The van der Waals surface area contributed by atoms with Gasteiger partial charge in [0, 0.05) is 17.5 Å². The second kappa shape index (κ2) is 8.23. The molecule has 0 aliphatic carbocycles. The number of benzene rings is 3. The van der Waals surface area contributed by atoms with E-state index in [0.717, 1.165) is 48.6 Å². The Kier molecular flexibility index (Phi) is 5.14. The van der Waals surface area contributed by atoms with Crippen LogP contribution in [0.25, 0.3) is 0 Å². The number of ether oxygens (including phenoxy) is 2. The van der Waals surface area contributed by atoms with Crippen LogP contribution < -0.4 is 9.47 Å². The van der Waals surface area contributed by atoms with Crippen LogP contribution >= 0.6 is 0 Å². The molecule has 0 fully saturated rings. The van der Waals surface area contributed by atoms with E-state index in [-0.39, 0.29) is 12.3 Å². The Labute approximate surface area is 177 Å². The average Bonchev–Trinajstić information content (AvgIpc) is 3.26. The number of hydrazone groups is 1. The van der Waals surface area contributed by atoms with Crippen molar-refractivity contribution in [2.24, 2.45) is 5.10 Å². The Hall–Kier alpha value is -3.27. The largest absolute Gasteiger partial charge is 0.494 e. The third kappa shape index (κ3) is 3.54. The Morgan fingerprint density at radius 1 is 0.967 bits per heavy atom. The van der Waals surface area contributed by atoms with Gasteiger partial charge in [-0.2, -0.15) is 5.10 Å². The molecule has 30 heavy (non-hydrogen) atoms. The molecule has 0 spiro atoms. The highest BCUT2D eigenvalue weighted by atomic mass is 16.5. The van der Waals surface area contributed by atoms with Crippen molar-refractivity contribution in [2.75, 3.05) is 6.61 Å². The van der Waals surface area contributed by atoms with Gasteiger partial charge in [-0.1, -0.05) is 61.9 Å². The second-order valence-electron chi connectivity index (χ2n) is 7.79. The van der Waals surface area contributed by atoms with E-state index in [1.807, 2.05) is 24.3 Å². The Bertz CT molecular complexity index is 1030. The van der Waals surface area contributed by atoms with Crippen LogP contribution in [0.3, 0.4) is 0 Å². The molecule has 3 aromatic carbocycles. The van der Waals surface area contributed by atoms with Crippen LogP contribution in [0.1, 0.15) is 55.1 Å². The van der Waals surface area contributed by atoms with Crippen molar-refractivity contribution in [1.82, 2.24) is 5.01 Å². The molecule has 0 bridgehead atoms. The zero-order chi connectivity index (χ0) is 20.3. The summed E-state index contributed by atoms with van der Waals surface area (Å²) >= 11 is 0. The normalized spacial score (nSPS) is 19.5. The zero-order valence-corrected chi connectivity index (χ0v) is 17.2. The molecule has 2 aliphatic rings. The molecular formula is C26H26N2O2. The quantitative estimate of drug-likeness (QED) is 0.470. The summed E-state index contributed by atoms with van der Waals surface area (Å²) in [5.41, 5.74) is 4.55. The number of hydrogen-bond donors (Lipinski definition) is 0. The van der Waals surface area contributed by atoms with Gasteiger partial charge in [0.25, 0.3) is 0 Å². The van der Waals surface area contributed by atoms with Crippen LogP contribution in [0, 0.1) is 0 Å². The third-order valence-electron chi connectivity index (χ3n) is 5.74. The van der Waals surface area contributed by atoms with E-state index >= 15 is 0 Å². The fourth-order valence-electron chi connectivity index (χ4n) is 4.12. The molecule has 0 saturated carbocycles. The van der Waals surface area contributed by atoms with E-state index in [0.29, 0.717) is 0 Å². The first-order chi connectivity index (χ1) is 14.8. The highest BCUT2D eigenvalue weighted by molar-refractivity contribution is 6.01. The molecule has 0 radical (unpaired) electrons. The lowest BCUT2D eigenvalue weighted by Gasteiger charge is -2.38. The summed E-state index contributed by atoms with van der Waals surface area (Å²) in [6.45, 7) is 2.92. The molecule has 0 amide bonds. The summed E-state index contributed by atoms with van der Waals surface area (Å²) in [5.74, 6) is 1.84. The summed E-state index contributed by atoms with van der Waals surface area (Å²) < 4.78 is 12.3. The fourth-order valence-corrected chi connectivity index (χ4v) is 4.12. The number of hydrogen-bond acceptors (Lipinski definition) is 4. The van der Waals surface area contributed by atoms with E-state index in [1.165, 1.54) is 11.1 Å². The molecule has 0 N–H and O–H groups in total. The maximum atomic E-state index is 6.43. The average molecular weight is 399 g/mol. The number of fused-ring (bicyclic) bond motifs is 3. The molecule has 4 heteroatoms. The van der Waals surface area contributed by atoms with Crippen LogP contribution in [-0.2, 0) is 0 Å². The molecule has 152 valence electrons. The first-order valence-corrected chi connectivity index (χ1v) is 10.7. The molecule has 0 aromatic heterocycles. The van der Waals surface area contributed by atoms with Gasteiger partial charge in [-0.15, -0.1) is 0 Å². The topological polar surface area (TPSA) is 34.1 Å². The SMILES string of the molecule is CCCCOc1ccc([C@@H]2Oc3ccccc3[C@@H]3CC(c4ccccc4)=NN32)cc1. The van der Waals surface area contributed by atoms with Gasteiger partial charge < -0.3 is 9.47 Å². The van der Waals surface area contributed by atoms with Crippen molar-refractivity contribution in [3.05, 3.63) is 95.6 Å². The number of rotatable bonds is 6. The van der Waals surface area contributed by atoms with Crippen molar-refractivity contribution in [1.29, 1.82) is 0 Å². The van der Waals surface area contributed by atoms with E-state index in [1.54, 1.807) is 0 Å². The van der Waals surface area contributed by atoms with E-state index in [4.69, 9.17) is 14.6 Å². The lowest BCUT2D eigenvalue weighted by molar-refractivity contribution is -0.0190. The monoisotopic (exact) mass is 398 g/mol. The summed E-state index contributed by atoms with van der Waals surface area (Å²) in [4.78, 5) is 0.